The Kier molecular flexibility index (Phi) is 4.90. The van der Waals surface area contributed by atoms with Gasteiger partial charge in [0.05, 0.1) is 11.5 Å². The molecule has 0 saturated heterocycles. The van der Waals surface area contributed by atoms with Crippen molar-refractivity contribution in [1.29, 1.82) is 0 Å². The van der Waals surface area contributed by atoms with Gasteiger partial charge in [-0.2, -0.15) is 11.3 Å². The highest BCUT2D eigenvalue weighted by molar-refractivity contribution is 9.10. The summed E-state index contributed by atoms with van der Waals surface area (Å²) in [7, 11) is 4.10. The molecular formula is C18H21BrN2OS. The van der Waals surface area contributed by atoms with Crippen molar-refractivity contribution in [3.63, 3.8) is 0 Å². The summed E-state index contributed by atoms with van der Waals surface area (Å²) in [4.78, 5) is 14.9. The lowest BCUT2D eigenvalue weighted by molar-refractivity contribution is -0.123. The average Bonchev–Trinajstić information content (AvgIpc) is 3.17. The predicted molar refractivity (Wildman–Crippen MR) is 98.8 cm³/mol. The van der Waals surface area contributed by atoms with E-state index in [1.165, 1.54) is 5.56 Å². The van der Waals surface area contributed by atoms with Crippen molar-refractivity contribution < 1.29 is 4.79 Å². The summed E-state index contributed by atoms with van der Waals surface area (Å²) < 4.78 is 1.04. The fourth-order valence-electron chi connectivity index (χ4n) is 2.96. The van der Waals surface area contributed by atoms with Crippen molar-refractivity contribution in [3.8, 4) is 0 Å². The summed E-state index contributed by atoms with van der Waals surface area (Å²) >= 11 is 5.14. The van der Waals surface area contributed by atoms with E-state index in [9.17, 15) is 4.79 Å². The molecule has 0 aliphatic heterocycles. The standard InChI is InChI=1S/C18H21BrN2OS/c1-21(2)16(13-7-10-23-12-13)11-20-17(22)18(8-9-18)14-3-5-15(19)6-4-14/h3-7,10,12,16H,8-9,11H2,1-2H3,(H,20,22)/t16-/m0/s1. The first kappa shape index (κ1) is 16.7. The quantitative estimate of drug-likeness (QED) is 0.806. The third kappa shape index (κ3) is 3.52. The van der Waals surface area contributed by atoms with Crippen LogP contribution in [0.15, 0.2) is 45.6 Å². The van der Waals surface area contributed by atoms with Crippen molar-refractivity contribution in [2.24, 2.45) is 0 Å². The van der Waals surface area contributed by atoms with E-state index in [1.807, 2.05) is 12.1 Å². The number of rotatable bonds is 6. The first-order valence-electron chi connectivity index (χ1n) is 7.76. The summed E-state index contributed by atoms with van der Waals surface area (Å²) in [5, 5.41) is 7.41. The summed E-state index contributed by atoms with van der Waals surface area (Å²) in [5.41, 5.74) is 2.07. The van der Waals surface area contributed by atoms with Crippen molar-refractivity contribution in [2.45, 2.75) is 24.3 Å². The predicted octanol–water partition coefficient (Wildman–Crippen LogP) is 3.96. The zero-order valence-electron chi connectivity index (χ0n) is 13.4. The van der Waals surface area contributed by atoms with Crippen molar-refractivity contribution >= 4 is 33.2 Å². The van der Waals surface area contributed by atoms with E-state index >= 15 is 0 Å². The summed E-state index contributed by atoms with van der Waals surface area (Å²) in [6.07, 6.45) is 1.87. The number of nitrogens with zero attached hydrogens (tertiary/aromatic N) is 1. The van der Waals surface area contributed by atoms with Crippen LogP contribution in [0.2, 0.25) is 0 Å². The number of carbonyl (C=O) groups excluding carboxylic acids is 1. The van der Waals surface area contributed by atoms with Gasteiger partial charge < -0.3 is 10.2 Å². The van der Waals surface area contributed by atoms with Gasteiger partial charge >= 0.3 is 0 Å². The van der Waals surface area contributed by atoms with Crippen molar-refractivity contribution in [1.82, 2.24) is 10.2 Å². The van der Waals surface area contributed by atoms with E-state index in [0.717, 1.165) is 22.9 Å². The Bertz CT molecular complexity index is 663. The van der Waals surface area contributed by atoms with Crippen LogP contribution in [0.3, 0.4) is 0 Å². The number of likely N-dealkylation sites (N-methyl/N-ethyl adjacent to an activating group) is 1. The molecule has 0 bridgehead atoms. The molecule has 2 aromatic rings. The van der Waals surface area contributed by atoms with Crippen LogP contribution in [-0.2, 0) is 10.2 Å². The topological polar surface area (TPSA) is 32.3 Å². The fourth-order valence-corrected chi connectivity index (χ4v) is 3.93. The number of carbonyl (C=O) groups is 1. The minimum Gasteiger partial charge on any atom is -0.353 e. The molecule has 1 amide bonds. The van der Waals surface area contributed by atoms with Crippen molar-refractivity contribution in [2.75, 3.05) is 20.6 Å². The van der Waals surface area contributed by atoms with E-state index < -0.39 is 0 Å². The van der Waals surface area contributed by atoms with E-state index in [1.54, 1.807) is 11.3 Å². The molecule has 0 unspecified atom stereocenters. The number of hydrogen-bond acceptors (Lipinski definition) is 3. The van der Waals surface area contributed by atoms with E-state index in [-0.39, 0.29) is 17.4 Å². The molecular weight excluding hydrogens is 372 g/mol. The number of thiophene rings is 1. The molecule has 3 rings (SSSR count). The summed E-state index contributed by atoms with van der Waals surface area (Å²) in [6.45, 7) is 0.640. The lowest BCUT2D eigenvalue weighted by Gasteiger charge is -2.25. The molecule has 5 heteroatoms. The van der Waals surface area contributed by atoms with Gasteiger partial charge in [0.2, 0.25) is 5.91 Å². The molecule has 1 aromatic carbocycles. The second kappa shape index (κ2) is 6.75. The van der Waals surface area contributed by atoms with Gasteiger partial charge in [-0.15, -0.1) is 0 Å². The second-order valence-electron chi connectivity index (χ2n) is 6.34. The van der Waals surface area contributed by atoms with Crippen LogP contribution in [0, 0.1) is 0 Å². The zero-order valence-corrected chi connectivity index (χ0v) is 15.8. The molecule has 3 nitrogen and oxygen atoms in total. The summed E-state index contributed by atoms with van der Waals surface area (Å²) in [6, 6.07) is 10.5. The highest BCUT2D eigenvalue weighted by atomic mass is 79.9. The molecule has 1 saturated carbocycles. The lowest BCUT2D eigenvalue weighted by atomic mass is 9.95. The van der Waals surface area contributed by atoms with Crippen LogP contribution in [0.5, 0.6) is 0 Å². The number of hydrogen-bond donors (Lipinski definition) is 1. The van der Waals surface area contributed by atoms with Gasteiger partial charge in [0.25, 0.3) is 0 Å². The number of amides is 1. The zero-order chi connectivity index (χ0) is 16.4. The maximum atomic E-state index is 12.8. The molecule has 1 aromatic heterocycles. The van der Waals surface area contributed by atoms with Gasteiger partial charge in [-0.1, -0.05) is 28.1 Å². The number of halogens is 1. The van der Waals surface area contributed by atoms with E-state index in [0.29, 0.717) is 6.54 Å². The smallest absolute Gasteiger partial charge is 0.230 e. The van der Waals surface area contributed by atoms with Gasteiger partial charge in [0, 0.05) is 11.0 Å². The first-order chi connectivity index (χ1) is 11.0. The Hall–Kier alpha value is -1.17. The van der Waals surface area contributed by atoms with Gasteiger partial charge in [0.15, 0.2) is 0 Å². The van der Waals surface area contributed by atoms with Crippen LogP contribution in [-0.4, -0.2) is 31.4 Å². The fraction of sp³-hybridized carbons (Fsp3) is 0.389. The number of nitrogens with one attached hydrogen (secondary N) is 1. The second-order valence-corrected chi connectivity index (χ2v) is 8.03. The Morgan fingerprint density at radius 1 is 1.30 bits per heavy atom. The van der Waals surface area contributed by atoms with Gasteiger partial charge in [0.1, 0.15) is 0 Å². The highest BCUT2D eigenvalue weighted by Crippen LogP contribution is 2.48. The van der Waals surface area contributed by atoms with Crippen LogP contribution >= 0.6 is 27.3 Å². The maximum Gasteiger partial charge on any atom is 0.230 e. The molecule has 1 aliphatic rings. The van der Waals surface area contributed by atoms with E-state index in [2.05, 4.69) is 69.2 Å². The van der Waals surface area contributed by atoms with Crippen LogP contribution in [0.4, 0.5) is 0 Å². The molecule has 122 valence electrons. The summed E-state index contributed by atoms with van der Waals surface area (Å²) in [5.74, 6) is 0.155. The molecule has 23 heavy (non-hydrogen) atoms. The lowest BCUT2D eigenvalue weighted by Crippen LogP contribution is -2.40. The van der Waals surface area contributed by atoms with Crippen molar-refractivity contribution in [3.05, 3.63) is 56.7 Å². The first-order valence-corrected chi connectivity index (χ1v) is 9.49. The maximum absolute atomic E-state index is 12.8. The number of benzene rings is 1. The minimum absolute atomic E-state index is 0.155. The Morgan fingerprint density at radius 2 is 2.00 bits per heavy atom. The third-order valence-corrected chi connectivity index (χ3v) is 5.82. The Morgan fingerprint density at radius 3 is 2.52 bits per heavy atom. The molecule has 1 heterocycles. The normalized spacial score (nSPS) is 17.0. The molecule has 1 fully saturated rings. The molecule has 1 aliphatic carbocycles. The Balaban J connectivity index is 1.68. The van der Waals surface area contributed by atoms with Crippen LogP contribution in [0.1, 0.15) is 30.0 Å². The highest BCUT2D eigenvalue weighted by Gasteiger charge is 2.51. The van der Waals surface area contributed by atoms with E-state index in [4.69, 9.17) is 0 Å². The van der Waals surface area contributed by atoms with Crippen LogP contribution < -0.4 is 5.32 Å². The molecule has 1 atom stereocenters. The van der Waals surface area contributed by atoms with Gasteiger partial charge in [-0.05, 0) is 67.0 Å². The average molecular weight is 393 g/mol. The molecule has 1 N–H and O–H groups in total. The van der Waals surface area contributed by atoms with Crippen LogP contribution in [0.25, 0.3) is 0 Å². The third-order valence-electron chi connectivity index (χ3n) is 4.59. The Labute approximate surface area is 149 Å². The molecule has 0 radical (unpaired) electrons. The largest absolute Gasteiger partial charge is 0.353 e. The van der Waals surface area contributed by atoms with Gasteiger partial charge in [-0.25, -0.2) is 0 Å². The molecule has 0 spiro atoms. The van der Waals surface area contributed by atoms with Gasteiger partial charge in [-0.3, -0.25) is 4.79 Å². The SMILES string of the molecule is CN(C)[C@@H](CNC(=O)C1(c2ccc(Br)cc2)CC1)c1ccsc1. The minimum atomic E-state index is -0.313. The monoisotopic (exact) mass is 392 g/mol.